The number of morpholine rings is 1. The van der Waals surface area contributed by atoms with Crippen LogP contribution in [0.1, 0.15) is 40.5 Å². The van der Waals surface area contributed by atoms with Gasteiger partial charge in [0.15, 0.2) is 0 Å². The molecule has 0 aromatic heterocycles. The summed E-state index contributed by atoms with van der Waals surface area (Å²) in [5.74, 6) is 1.56. The summed E-state index contributed by atoms with van der Waals surface area (Å²) in [6.07, 6.45) is 1.57. The van der Waals surface area contributed by atoms with E-state index in [4.69, 9.17) is 14.2 Å². The van der Waals surface area contributed by atoms with E-state index < -0.39 is 0 Å². The zero-order chi connectivity index (χ0) is 25.2. The van der Waals surface area contributed by atoms with Crippen LogP contribution in [0, 0.1) is 5.92 Å². The Morgan fingerprint density at radius 2 is 1.60 bits per heavy atom. The van der Waals surface area contributed by atoms with Crippen LogP contribution < -0.4 is 19.7 Å². The van der Waals surface area contributed by atoms with Crippen molar-refractivity contribution in [2.45, 2.75) is 40.5 Å². The molecule has 2 saturated heterocycles. The van der Waals surface area contributed by atoms with Gasteiger partial charge < -0.3 is 29.3 Å². The molecule has 0 atom stereocenters. The topological polar surface area (TPSA) is 83.6 Å². The lowest BCUT2D eigenvalue weighted by Gasteiger charge is -2.33. The molecule has 0 bridgehead atoms. The number of hydrogen-bond acceptors (Lipinski definition) is 7. The molecule has 9 nitrogen and oxygen atoms in total. The van der Waals surface area contributed by atoms with Crippen LogP contribution in [0.3, 0.4) is 0 Å². The van der Waals surface area contributed by atoms with E-state index in [0.717, 1.165) is 63.5 Å². The first-order chi connectivity index (χ1) is 17.0. The minimum Gasteiger partial charge on any atom is -0.492 e. The van der Waals surface area contributed by atoms with E-state index in [1.54, 1.807) is 0 Å². The highest BCUT2D eigenvalue weighted by Crippen LogP contribution is 2.39. The van der Waals surface area contributed by atoms with Crippen LogP contribution >= 0.6 is 0 Å². The molecule has 1 N–H and O–H groups in total. The molecule has 2 aliphatic rings. The van der Waals surface area contributed by atoms with E-state index in [1.165, 1.54) is 0 Å². The lowest BCUT2D eigenvalue weighted by molar-refractivity contribution is -0.136. The Morgan fingerprint density at radius 1 is 0.971 bits per heavy atom. The zero-order valence-corrected chi connectivity index (χ0v) is 21.8. The molecule has 3 rings (SSSR count). The third-order valence-electron chi connectivity index (χ3n) is 6.67. The molecule has 1 aromatic rings. The van der Waals surface area contributed by atoms with Crippen molar-refractivity contribution in [1.82, 2.24) is 9.80 Å². The SMILES string of the molecule is CCOc1cc(N2CCOCC2)c(OCC)cc1NC(=O)CN1CCC(C(=O)N(CC)CC)CC1. The molecular weight excluding hydrogens is 448 g/mol. The number of nitrogens with zero attached hydrogens (tertiary/aromatic N) is 3. The molecular formula is C26H42N4O5. The minimum absolute atomic E-state index is 0.0558. The van der Waals surface area contributed by atoms with Gasteiger partial charge in [0, 0.05) is 44.2 Å². The van der Waals surface area contributed by atoms with Crippen molar-refractivity contribution in [3.63, 3.8) is 0 Å². The summed E-state index contributed by atoms with van der Waals surface area (Å²) in [6.45, 7) is 15.1. The van der Waals surface area contributed by atoms with Crippen LogP contribution in [0.4, 0.5) is 11.4 Å². The van der Waals surface area contributed by atoms with Gasteiger partial charge in [0.1, 0.15) is 11.5 Å². The number of rotatable bonds is 11. The maximum Gasteiger partial charge on any atom is 0.238 e. The smallest absolute Gasteiger partial charge is 0.238 e. The Labute approximate surface area is 209 Å². The molecule has 0 radical (unpaired) electrons. The standard InChI is InChI=1S/C26H42N4O5/c1-5-29(6-2)26(32)20-9-11-28(12-10-20)19-25(31)27-21-17-24(35-8-4)22(18-23(21)34-7-3)30-13-15-33-16-14-30/h17-18,20H,5-16,19H2,1-4H3,(H,27,31). The molecule has 0 spiro atoms. The lowest BCUT2D eigenvalue weighted by atomic mass is 9.95. The summed E-state index contributed by atoms with van der Waals surface area (Å²) in [7, 11) is 0. The number of hydrogen-bond donors (Lipinski definition) is 1. The van der Waals surface area contributed by atoms with Crippen LogP contribution in [-0.4, -0.2) is 93.9 Å². The molecule has 9 heteroatoms. The Bertz CT molecular complexity index is 831. The number of carbonyl (C=O) groups excluding carboxylic acids is 2. The van der Waals surface area contributed by atoms with Crippen LogP contribution in [0.2, 0.25) is 0 Å². The van der Waals surface area contributed by atoms with Gasteiger partial charge in [-0.05, 0) is 53.6 Å². The van der Waals surface area contributed by atoms with E-state index in [1.807, 2.05) is 44.7 Å². The number of benzene rings is 1. The molecule has 2 fully saturated rings. The van der Waals surface area contributed by atoms with Crippen LogP contribution in [0.15, 0.2) is 12.1 Å². The van der Waals surface area contributed by atoms with E-state index in [9.17, 15) is 9.59 Å². The fraction of sp³-hybridized carbons (Fsp3) is 0.692. The second kappa shape index (κ2) is 13.5. The molecule has 2 heterocycles. The number of ether oxygens (including phenoxy) is 3. The van der Waals surface area contributed by atoms with Gasteiger partial charge in [-0.25, -0.2) is 0 Å². The van der Waals surface area contributed by atoms with Crippen LogP contribution in [0.5, 0.6) is 11.5 Å². The summed E-state index contributed by atoms with van der Waals surface area (Å²) < 4.78 is 17.3. The normalized spacial score (nSPS) is 17.2. The third-order valence-corrected chi connectivity index (χ3v) is 6.67. The number of carbonyl (C=O) groups is 2. The van der Waals surface area contributed by atoms with E-state index in [2.05, 4.69) is 15.1 Å². The third kappa shape index (κ3) is 7.24. The van der Waals surface area contributed by atoms with E-state index in [0.29, 0.717) is 37.9 Å². The van der Waals surface area contributed by atoms with Crippen LogP contribution in [-0.2, 0) is 14.3 Å². The monoisotopic (exact) mass is 490 g/mol. The zero-order valence-electron chi connectivity index (χ0n) is 21.8. The van der Waals surface area contributed by atoms with Crippen molar-refractivity contribution in [3.05, 3.63) is 12.1 Å². The molecule has 196 valence electrons. The van der Waals surface area contributed by atoms with Gasteiger partial charge in [-0.2, -0.15) is 0 Å². The minimum atomic E-state index is -0.0963. The Morgan fingerprint density at radius 3 is 2.20 bits per heavy atom. The number of anilines is 2. The summed E-state index contributed by atoms with van der Waals surface area (Å²) in [5, 5.41) is 3.04. The van der Waals surface area contributed by atoms with Crippen molar-refractivity contribution < 1.29 is 23.8 Å². The van der Waals surface area contributed by atoms with E-state index in [-0.39, 0.29) is 24.3 Å². The predicted molar refractivity (Wildman–Crippen MR) is 138 cm³/mol. The Kier molecular flexibility index (Phi) is 10.5. The fourth-order valence-corrected chi connectivity index (χ4v) is 4.77. The van der Waals surface area contributed by atoms with Gasteiger partial charge in [-0.3, -0.25) is 14.5 Å². The highest BCUT2D eigenvalue weighted by molar-refractivity contribution is 5.94. The maximum absolute atomic E-state index is 13.0. The van der Waals surface area contributed by atoms with Gasteiger partial charge in [-0.15, -0.1) is 0 Å². The number of nitrogens with one attached hydrogen (secondary N) is 1. The summed E-state index contributed by atoms with van der Waals surface area (Å²) >= 11 is 0. The summed E-state index contributed by atoms with van der Waals surface area (Å²) in [6, 6.07) is 3.83. The predicted octanol–water partition coefficient (Wildman–Crippen LogP) is 2.84. The number of amides is 2. The highest BCUT2D eigenvalue weighted by atomic mass is 16.5. The molecule has 2 amide bonds. The Balaban J connectivity index is 1.65. The largest absolute Gasteiger partial charge is 0.492 e. The molecule has 0 unspecified atom stereocenters. The first kappa shape index (κ1) is 27.1. The average Bonchev–Trinajstić information content (AvgIpc) is 2.87. The number of piperidine rings is 1. The summed E-state index contributed by atoms with van der Waals surface area (Å²) in [5.41, 5.74) is 1.57. The molecule has 35 heavy (non-hydrogen) atoms. The quantitative estimate of drug-likeness (QED) is 0.511. The molecule has 2 aliphatic heterocycles. The van der Waals surface area contributed by atoms with Crippen molar-refractivity contribution >= 4 is 23.2 Å². The molecule has 0 aliphatic carbocycles. The first-order valence-electron chi connectivity index (χ1n) is 13.1. The summed E-state index contributed by atoms with van der Waals surface area (Å²) in [4.78, 5) is 31.9. The fourth-order valence-electron chi connectivity index (χ4n) is 4.77. The van der Waals surface area contributed by atoms with Gasteiger partial charge in [0.05, 0.1) is 44.3 Å². The van der Waals surface area contributed by atoms with Gasteiger partial charge in [-0.1, -0.05) is 0 Å². The second-order valence-corrected chi connectivity index (χ2v) is 8.89. The van der Waals surface area contributed by atoms with Gasteiger partial charge in [0.25, 0.3) is 0 Å². The Hall–Kier alpha value is -2.52. The molecule has 0 saturated carbocycles. The van der Waals surface area contributed by atoms with E-state index >= 15 is 0 Å². The van der Waals surface area contributed by atoms with Crippen molar-refractivity contribution in [3.8, 4) is 11.5 Å². The number of likely N-dealkylation sites (tertiary alicyclic amines) is 1. The first-order valence-corrected chi connectivity index (χ1v) is 13.1. The lowest BCUT2D eigenvalue weighted by Crippen LogP contribution is -2.44. The van der Waals surface area contributed by atoms with Crippen molar-refractivity contribution in [2.24, 2.45) is 5.92 Å². The second-order valence-electron chi connectivity index (χ2n) is 8.89. The maximum atomic E-state index is 13.0. The van der Waals surface area contributed by atoms with Gasteiger partial charge in [0.2, 0.25) is 11.8 Å². The average molecular weight is 491 g/mol. The molecule has 1 aromatic carbocycles. The van der Waals surface area contributed by atoms with Crippen molar-refractivity contribution in [1.29, 1.82) is 0 Å². The van der Waals surface area contributed by atoms with Crippen molar-refractivity contribution in [2.75, 3.05) is 82.5 Å². The van der Waals surface area contributed by atoms with Gasteiger partial charge >= 0.3 is 0 Å². The highest BCUT2D eigenvalue weighted by Gasteiger charge is 2.28. The van der Waals surface area contributed by atoms with Crippen LogP contribution in [0.25, 0.3) is 0 Å².